The summed E-state index contributed by atoms with van der Waals surface area (Å²) >= 11 is 6.42. The summed E-state index contributed by atoms with van der Waals surface area (Å²) < 4.78 is 44.4. The molecule has 0 aliphatic heterocycles. The number of carbonyl (C=O) groups excluding carboxylic acids is 2. The fourth-order valence-corrected chi connectivity index (χ4v) is 6.60. The predicted molar refractivity (Wildman–Crippen MR) is 176 cm³/mol. The highest BCUT2D eigenvalue weighted by Gasteiger charge is 2.35. The molecule has 0 bridgehead atoms. The molecule has 0 saturated heterocycles. The Morgan fingerprint density at radius 3 is 2.16 bits per heavy atom. The van der Waals surface area contributed by atoms with Crippen LogP contribution in [-0.4, -0.2) is 43.8 Å². The summed E-state index contributed by atoms with van der Waals surface area (Å²) in [6.07, 6.45) is 0.125. The normalized spacial score (nSPS) is 12.1. The first-order valence-corrected chi connectivity index (χ1v) is 16.4. The molecule has 0 heterocycles. The van der Waals surface area contributed by atoms with Gasteiger partial charge in [0, 0.05) is 29.6 Å². The van der Waals surface area contributed by atoms with Crippen LogP contribution in [0.25, 0.3) is 0 Å². The summed E-state index contributed by atoms with van der Waals surface area (Å²) in [6, 6.07) is 25.0. The number of nitrogens with one attached hydrogen (secondary N) is 1. The van der Waals surface area contributed by atoms with E-state index in [4.69, 9.17) is 11.6 Å². The molecule has 10 heteroatoms. The van der Waals surface area contributed by atoms with Crippen LogP contribution in [0.15, 0.2) is 102 Å². The third-order valence-corrected chi connectivity index (χ3v) is 9.58. The number of rotatable bonds is 12. The number of hydrogen-bond donors (Lipinski definition) is 1. The molecule has 236 valence electrons. The highest BCUT2D eigenvalue weighted by atomic mass is 35.5. The van der Waals surface area contributed by atoms with Crippen molar-refractivity contribution in [3.8, 4) is 0 Å². The molecule has 0 spiro atoms. The number of nitrogens with zero attached hydrogens (tertiary/aromatic N) is 2. The maximum atomic E-state index is 15.0. The van der Waals surface area contributed by atoms with Crippen LogP contribution < -0.4 is 9.62 Å². The number of carbonyl (C=O) groups is 2. The third-order valence-electron chi connectivity index (χ3n) is 7.40. The highest BCUT2D eigenvalue weighted by molar-refractivity contribution is 7.92. The van der Waals surface area contributed by atoms with Crippen molar-refractivity contribution < 1.29 is 22.4 Å². The zero-order chi connectivity index (χ0) is 32.7. The van der Waals surface area contributed by atoms with Crippen molar-refractivity contribution in [1.29, 1.82) is 0 Å². The third kappa shape index (κ3) is 8.29. The molecule has 0 aliphatic carbocycles. The number of halogens is 2. The number of aryl methyl sites for hydroxylation is 1. The molecule has 7 nitrogen and oxygen atoms in total. The zero-order valence-electron chi connectivity index (χ0n) is 25.7. The van der Waals surface area contributed by atoms with Crippen molar-refractivity contribution in [1.82, 2.24) is 10.2 Å². The van der Waals surface area contributed by atoms with Crippen molar-refractivity contribution in [3.05, 3.63) is 130 Å². The maximum Gasteiger partial charge on any atom is 0.264 e. The quantitative estimate of drug-likeness (QED) is 0.191. The van der Waals surface area contributed by atoms with E-state index in [1.165, 1.54) is 35.2 Å². The van der Waals surface area contributed by atoms with E-state index in [1.54, 1.807) is 57.2 Å². The van der Waals surface area contributed by atoms with Gasteiger partial charge in [-0.1, -0.05) is 83.9 Å². The van der Waals surface area contributed by atoms with Gasteiger partial charge < -0.3 is 10.2 Å². The highest BCUT2D eigenvalue weighted by Crippen LogP contribution is 2.31. The summed E-state index contributed by atoms with van der Waals surface area (Å²) in [5, 5.41) is 3.21. The van der Waals surface area contributed by atoms with Gasteiger partial charge in [-0.05, 0) is 69.2 Å². The Morgan fingerprint density at radius 1 is 0.867 bits per heavy atom. The molecule has 4 aromatic carbocycles. The lowest BCUT2D eigenvalue weighted by molar-refractivity contribution is -0.140. The van der Waals surface area contributed by atoms with Crippen LogP contribution in [0.5, 0.6) is 0 Å². The maximum absolute atomic E-state index is 15.0. The van der Waals surface area contributed by atoms with Crippen molar-refractivity contribution in [2.45, 2.75) is 57.6 Å². The van der Waals surface area contributed by atoms with Gasteiger partial charge in [-0.2, -0.15) is 0 Å². The minimum atomic E-state index is -4.29. The number of benzene rings is 4. The van der Waals surface area contributed by atoms with E-state index in [-0.39, 0.29) is 35.2 Å². The van der Waals surface area contributed by atoms with Gasteiger partial charge in [0.05, 0.1) is 10.6 Å². The van der Waals surface area contributed by atoms with Crippen LogP contribution in [0.1, 0.15) is 36.1 Å². The first kappa shape index (κ1) is 33.7. The lowest BCUT2D eigenvalue weighted by Crippen LogP contribution is -2.54. The monoisotopic (exact) mass is 649 g/mol. The molecule has 0 unspecified atom stereocenters. The molecule has 2 amide bonds. The summed E-state index contributed by atoms with van der Waals surface area (Å²) in [7, 11) is -4.29. The second kappa shape index (κ2) is 14.7. The van der Waals surface area contributed by atoms with Gasteiger partial charge >= 0.3 is 0 Å². The fraction of sp³-hybridized carbons (Fsp3) is 0.257. The molecule has 1 N–H and O–H groups in total. The van der Waals surface area contributed by atoms with E-state index >= 15 is 4.39 Å². The van der Waals surface area contributed by atoms with E-state index in [9.17, 15) is 18.0 Å². The summed E-state index contributed by atoms with van der Waals surface area (Å²) in [5.41, 5.74) is 2.51. The van der Waals surface area contributed by atoms with Crippen molar-refractivity contribution in [2.24, 2.45) is 0 Å². The van der Waals surface area contributed by atoms with Crippen molar-refractivity contribution in [3.63, 3.8) is 0 Å². The SMILES string of the molecule is Cc1ccc(S(=O)(=O)N(CC(=O)N(Cc2ccccc2F)[C@@H](Cc2ccccc2)C(=O)NC(C)C)c2cccc(Cl)c2C)cc1. The Balaban J connectivity index is 1.85. The van der Waals surface area contributed by atoms with Crippen LogP contribution in [0.3, 0.4) is 0 Å². The van der Waals surface area contributed by atoms with Crippen LogP contribution >= 0.6 is 11.6 Å². The molecule has 0 fully saturated rings. The van der Waals surface area contributed by atoms with Gasteiger partial charge in [-0.3, -0.25) is 13.9 Å². The summed E-state index contributed by atoms with van der Waals surface area (Å²) in [6.45, 7) is 6.20. The van der Waals surface area contributed by atoms with Crippen molar-refractivity contribution in [2.75, 3.05) is 10.8 Å². The van der Waals surface area contributed by atoms with E-state index in [0.717, 1.165) is 15.4 Å². The molecular formula is C35H37ClFN3O4S. The topological polar surface area (TPSA) is 86.8 Å². The molecule has 4 rings (SSSR count). The van der Waals surface area contributed by atoms with Crippen molar-refractivity contribution >= 4 is 39.1 Å². The van der Waals surface area contributed by atoms with E-state index in [1.807, 2.05) is 37.3 Å². The van der Waals surface area contributed by atoms with Gasteiger partial charge in [0.1, 0.15) is 18.4 Å². The van der Waals surface area contributed by atoms with Gasteiger partial charge in [0.25, 0.3) is 10.0 Å². The van der Waals surface area contributed by atoms with Crippen LogP contribution in [-0.2, 0) is 32.6 Å². The molecular weight excluding hydrogens is 613 g/mol. The first-order valence-electron chi connectivity index (χ1n) is 14.6. The number of amides is 2. The molecule has 45 heavy (non-hydrogen) atoms. The lowest BCUT2D eigenvalue weighted by atomic mass is 10.0. The molecule has 4 aromatic rings. The summed E-state index contributed by atoms with van der Waals surface area (Å²) in [4.78, 5) is 29.5. The van der Waals surface area contributed by atoms with Crippen LogP contribution in [0.4, 0.5) is 10.1 Å². The minimum Gasteiger partial charge on any atom is -0.352 e. The van der Waals surface area contributed by atoms with E-state index < -0.39 is 40.2 Å². The molecule has 1 atom stereocenters. The first-order chi connectivity index (χ1) is 21.4. The number of hydrogen-bond acceptors (Lipinski definition) is 4. The Morgan fingerprint density at radius 2 is 1.51 bits per heavy atom. The van der Waals surface area contributed by atoms with Gasteiger partial charge in [-0.25, -0.2) is 12.8 Å². The van der Waals surface area contributed by atoms with E-state index in [0.29, 0.717) is 10.6 Å². The Labute approximate surface area is 269 Å². The zero-order valence-corrected chi connectivity index (χ0v) is 27.3. The van der Waals surface area contributed by atoms with Gasteiger partial charge in [-0.15, -0.1) is 0 Å². The predicted octanol–water partition coefficient (Wildman–Crippen LogP) is 6.46. The average Bonchev–Trinajstić information content (AvgIpc) is 3.00. The molecule has 0 aromatic heterocycles. The second-order valence-corrected chi connectivity index (χ2v) is 13.5. The Bertz CT molecular complexity index is 1750. The number of anilines is 1. The Kier molecular flexibility index (Phi) is 11.0. The van der Waals surface area contributed by atoms with Gasteiger partial charge in [0.15, 0.2) is 0 Å². The largest absolute Gasteiger partial charge is 0.352 e. The second-order valence-electron chi connectivity index (χ2n) is 11.2. The van der Waals surface area contributed by atoms with Gasteiger partial charge in [0.2, 0.25) is 11.8 Å². The van der Waals surface area contributed by atoms with Crippen LogP contribution in [0, 0.1) is 19.7 Å². The van der Waals surface area contributed by atoms with E-state index in [2.05, 4.69) is 5.32 Å². The number of sulfonamides is 1. The Hall–Kier alpha value is -4.21. The lowest BCUT2D eigenvalue weighted by Gasteiger charge is -2.34. The average molecular weight is 650 g/mol. The molecule has 0 saturated carbocycles. The van der Waals surface area contributed by atoms with Crippen LogP contribution in [0.2, 0.25) is 5.02 Å². The fourth-order valence-electron chi connectivity index (χ4n) is 4.96. The summed E-state index contributed by atoms with van der Waals surface area (Å²) in [5.74, 6) is -1.67. The standard InChI is InChI=1S/C35H37ClFN3O4S/c1-24(2)38-35(42)33(21-27-11-6-5-7-12-27)39(22-28-13-8-9-15-31(28)37)34(41)23-40(32-16-10-14-30(36)26(32)4)45(43,44)29-19-17-25(3)18-20-29/h5-20,24,33H,21-23H2,1-4H3,(H,38,42)/t33-/m0/s1. The minimum absolute atomic E-state index is 0.0145. The molecule has 0 radical (unpaired) electrons. The smallest absolute Gasteiger partial charge is 0.264 e. The molecule has 0 aliphatic rings.